The SMILES string of the molecule is CNCc1ccc(Br)c(S(=O)(=O)NC(C)CCSC)c1. The Labute approximate surface area is 134 Å². The van der Waals surface area contributed by atoms with Crippen molar-refractivity contribution >= 4 is 37.7 Å². The molecule has 0 bridgehead atoms. The van der Waals surface area contributed by atoms with Gasteiger partial charge in [-0.3, -0.25) is 0 Å². The molecular weight excluding hydrogens is 360 g/mol. The minimum absolute atomic E-state index is 0.0766. The minimum atomic E-state index is -3.50. The molecule has 0 aliphatic rings. The molecule has 1 atom stereocenters. The first-order valence-electron chi connectivity index (χ1n) is 6.35. The summed E-state index contributed by atoms with van der Waals surface area (Å²) in [4.78, 5) is 0.293. The van der Waals surface area contributed by atoms with Gasteiger partial charge in [-0.1, -0.05) is 6.07 Å². The lowest BCUT2D eigenvalue weighted by Crippen LogP contribution is -2.33. The molecule has 0 radical (unpaired) electrons. The fourth-order valence-electron chi connectivity index (χ4n) is 1.75. The summed E-state index contributed by atoms with van der Waals surface area (Å²) in [6.45, 7) is 2.52. The van der Waals surface area contributed by atoms with Crippen LogP contribution < -0.4 is 10.0 Å². The summed E-state index contributed by atoms with van der Waals surface area (Å²) in [6, 6.07) is 5.29. The maximum absolute atomic E-state index is 12.4. The minimum Gasteiger partial charge on any atom is -0.316 e. The normalized spacial score (nSPS) is 13.4. The van der Waals surface area contributed by atoms with Crippen molar-refractivity contribution in [3.63, 3.8) is 0 Å². The van der Waals surface area contributed by atoms with Crippen LogP contribution in [-0.2, 0) is 16.6 Å². The molecule has 2 N–H and O–H groups in total. The third-order valence-corrected chi connectivity index (χ3v) is 6.00. The fraction of sp³-hybridized carbons (Fsp3) is 0.538. The third-order valence-electron chi connectivity index (χ3n) is 2.78. The zero-order valence-corrected chi connectivity index (χ0v) is 15.2. The lowest BCUT2D eigenvalue weighted by atomic mass is 10.2. The summed E-state index contributed by atoms with van der Waals surface area (Å²) in [6.07, 6.45) is 2.83. The second kappa shape index (κ2) is 8.38. The van der Waals surface area contributed by atoms with Crippen LogP contribution in [0.3, 0.4) is 0 Å². The molecular formula is C13H21BrN2O2S2. The predicted molar refractivity (Wildman–Crippen MR) is 89.7 cm³/mol. The van der Waals surface area contributed by atoms with E-state index >= 15 is 0 Å². The molecule has 0 aliphatic heterocycles. The summed E-state index contributed by atoms with van der Waals surface area (Å²) in [5, 5.41) is 3.02. The van der Waals surface area contributed by atoms with E-state index in [4.69, 9.17) is 0 Å². The molecule has 1 aromatic carbocycles. The van der Waals surface area contributed by atoms with Crippen LogP contribution in [0.15, 0.2) is 27.6 Å². The molecule has 1 aromatic rings. The molecule has 0 heterocycles. The second-order valence-corrected chi connectivity index (χ2v) is 8.12. The van der Waals surface area contributed by atoms with Crippen molar-refractivity contribution in [3.8, 4) is 0 Å². The van der Waals surface area contributed by atoms with Crippen molar-refractivity contribution in [3.05, 3.63) is 28.2 Å². The van der Waals surface area contributed by atoms with Crippen molar-refractivity contribution < 1.29 is 8.42 Å². The molecule has 0 aliphatic carbocycles. The van der Waals surface area contributed by atoms with Gasteiger partial charge >= 0.3 is 0 Å². The summed E-state index contributed by atoms with van der Waals surface area (Å²) in [5.41, 5.74) is 0.938. The molecule has 0 aromatic heterocycles. The van der Waals surface area contributed by atoms with Gasteiger partial charge in [0.05, 0.1) is 4.90 Å². The van der Waals surface area contributed by atoms with Crippen molar-refractivity contribution in [2.45, 2.75) is 30.8 Å². The van der Waals surface area contributed by atoms with E-state index in [1.165, 1.54) is 0 Å². The van der Waals surface area contributed by atoms with Gasteiger partial charge in [0.1, 0.15) is 0 Å². The summed E-state index contributed by atoms with van der Waals surface area (Å²) >= 11 is 5.03. The zero-order chi connectivity index (χ0) is 15.2. The topological polar surface area (TPSA) is 58.2 Å². The van der Waals surface area contributed by atoms with Crippen molar-refractivity contribution in [1.29, 1.82) is 0 Å². The Kier molecular flexibility index (Phi) is 7.53. The number of thioether (sulfide) groups is 1. The van der Waals surface area contributed by atoms with Crippen LogP contribution in [0.5, 0.6) is 0 Å². The Morgan fingerprint density at radius 3 is 2.70 bits per heavy atom. The number of hydrogen-bond donors (Lipinski definition) is 2. The predicted octanol–water partition coefficient (Wildman–Crippen LogP) is 2.59. The summed E-state index contributed by atoms with van der Waals surface area (Å²) in [5.74, 6) is 0.935. The van der Waals surface area contributed by atoms with E-state index in [1.807, 2.05) is 26.3 Å². The highest BCUT2D eigenvalue weighted by Gasteiger charge is 2.20. The Hall–Kier alpha value is -0.0800. The fourth-order valence-corrected chi connectivity index (χ4v) is 4.63. The van der Waals surface area contributed by atoms with Gasteiger partial charge in [0.15, 0.2) is 0 Å². The van der Waals surface area contributed by atoms with Gasteiger partial charge in [0.25, 0.3) is 0 Å². The zero-order valence-electron chi connectivity index (χ0n) is 11.9. The van der Waals surface area contributed by atoms with Crippen LogP contribution in [0.2, 0.25) is 0 Å². The van der Waals surface area contributed by atoms with Gasteiger partial charge in [-0.25, -0.2) is 13.1 Å². The molecule has 114 valence electrons. The van der Waals surface area contributed by atoms with Crippen molar-refractivity contribution in [2.24, 2.45) is 0 Å². The van der Waals surface area contributed by atoms with E-state index in [1.54, 1.807) is 23.9 Å². The third kappa shape index (κ3) is 5.37. The van der Waals surface area contributed by atoms with E-state index in [0.29, 0.717) is 15.9 Å². The Bertz CT molecular complexity index is 535. The van der Waals surface area contributed by atoms with Gasteiger partial charge in [-0.15, -0.1) is 0 Å². The molecule has 0 fully saturated rings. The van der Waals surface area contributed by atoms with E-state index in [-0.39, 0.29) is 6.04 Å². The van der Waals surface area contributed by atoms with Crippen LogP contribution in [-0.4, -0.2) is 33.5 Å². The molecule has 4 nitrogen and oxygen atoms in total. The summed E-state index contributed by atoms with van der Waals surface area (Å²) < 4.78 is 28.1. The van der Waals surface area contributed by atoms with E-state index < -0.39 is 10.0 Å². The van der Waals surface area contributed by atoms with E-state index in [9.17, 15) is 8.42 Å². The monoisotopic (exact) mass is 380 g/mol. The maximum atomic E-state index is 12.4. The average Bonchev–Trinajstić information content (AvgIpc) is 2.38. The molecule has 0 saturated carbocycles. The van der Waals surface area contributed by atoms with Crippen molar-refractivity contribution in [2.75, 3.05) is 19.1 Å². The van der Waals surface area contributed by atoms with Gasteiger partial charge in [-0.2, -0.15) is 11.8 Å². The van der Waals surface area contributed by atoms with Crippen LogP contribution in [0.1, 0.15) is 18.9 Å². The first-order chi connectivity index (χ1) is 9.40. The number of rotatable bonds is 8. The highest BCUT2D eigenvalue weighted by atomic mass is 79.9. The van der Waals surface area contributed by atoms with Crippen LogP contribution >= 0.6 is 27.7 Å². The molecule has 0 spiro atoms. The molecule has 0 amide bonds. The van der Waals surface area contributed by atoms with E-state index in [2.05, 4.69) is 26.0 Å². The first kappa shape index (κ1) is 18.0. The molecule has 7 heteroatoms. The smallest absolute Gasteiger partial charge is 0.241 e. The quantitative estimate of drug-likeness (QED) is 0.727. The lowest BCUT2D eigenvalue weighted by molar-refractivity contribution is 0.556. The van der Waals surface area contributed by atoms with Crippen LogP contribution in [0, 0.1) is 0 Å². The Balaban J connectivity index is 2.93. The number of nitrogens with one attached hydrogen (secondary N) is 2. The molecule has 0 saturated heterocycles. The summed E-state index contributed by atoms with van der Waals surface area (Å²) in [7, 11) is -1.66. The largest absolute Gasteiger partial charge is 0.316 e. The molecule has 20 heavy (non-hydrogen) atoms. The number of benzene rings is 1. The Morgan fingerprint density at radius 1 is 1.40 bits per heavy atom. The highest BCUT2D eigenvalue weighted by Crippen LogP contribution is 2.23. The number of halogens is 1. The van der Waals surface area contributed by atoms with Crippen molar-refractivity contribution in [1.82, 2.24) is 10.0 Å². The Morgan fingerprint density at radius 2 is 2.10 bits per heavy atom. The molecule has 1 rings (SSSR count). The van der Waals surface area contributed by atoms with Gasteiger partial charge in [-0.05, 0) is 66.0 Å². The second-order valence-electron chi connectivity index (χ2n) is 4.60. The molecule has 1 unspecified atom stereocenters. The highest BCUT2D eigenvalue weighted by molar-refractivity contribution is 9.10. The van der Waals surface area contributed by atoms with E-state index in [0.717, 1.165) is 17.7 Å². The lowest BCUT2D eigenvalue weighted by Gasteiger charge is -2.15. The number of hydrogen-bond acceptors (Lipinski definition) is 4. The van der Waals surface area contributed by atoms with Gasteiger partial charge in [0.2, 0.25) is 10.0 Å². The maximum Gasteiger partial charge on any atom is 0.241 e. The number of sulfonamides is 1. The van der Waals surface area contributed by atoms with Gasteiger partial charge < -0.3 is 5.32 Å². The average molecular weight is 381 g/mol. The standard InChI is InChI=1S/C13H21BrN2O2S2/c1-10(6-7-19-3)16-20(17,18)13-8-11(9-15-2)4-5-12(13)14/h4-5,8,10,15-16H,6-7,9H2,1-3H3. The first-order valence-corrected chi connectivity index (χ1v) is 10.0. The van der Waals surface area contributed by atoms with Crippen LogP contribution in [0.4, 0.5) is 0 Å². The van der Waals surface area contributed by atoms with Crippen LogP contribution in [0.25, 0.3) is 0 Å². The van der Waals surface area contributed by atoms with Gasteiger partial charge in [0, 0.05) is 17.1 Å².